The summed E-state index contributed by atoms with van der Waals surface area (Å²) in [5.41, 5.74) is -1.93. The minimum atomic E-state index is -5.11. The van der Waals surface area contributed by atoms with Crippen LogP contribution in [0.4, 0.5) is 26.3 Å². The van der Waals surface area contributed by atoms with E-state index in [9.17, 15) is 31.1 Å². The zero-order valence-corrected chi connectivity index (χ0v) is 18.9. The van der Waals surface area contributed by atoms with Gasteiger partial charge in [-0.3, -0.25) is 9.69 Å². The van der Waals surface area contributed by atoms with Crippen molar-refractivity contribution in [3.8, 4) is 5.75 Å². The van der Waals surface area contributed by atoms with Crippen LogP contribution < -0.4 is 10.1 Å². The first-order chi connectivity index (χ1) is 16.5. The van der Waals surface area contributed by atoms with Gasteiger partial charge in [0.2, 0.25) is 0 Å². The third kappa shape index (κ3) is 6.09. The molecule has 1 saturated heterocycles. The van der Waals surface area contributed by atoms with E-state index in [1.165, 1.54) is 12.8 Å². The van der Waals surface area contributed by atoms with Crippen molar-refractivity contribution in [1.29, 1.82) is 0 Å². The lowest BCUT2D eigenvalue weighted by Crippen LogP contribution is -2.39. The molecule has 1 atom stereocenters. The number of nitrogens with zero attached hydrogens (tertiary/aromatic N) is 1. The fourth-order valence-corrected chi connectivity index (χ4v) is 4.72. The molecule has 0 spiro atoms. The van der Waals surface area contributed by atoms with Crippen LogP contribution in [-0.4, -0.2) is 43.1 Å². The van der Waals surface area contributed by atoms with Crippen LogP contribution in [0.5, 0.6) is 5.75 Å². The van der Waals surface area contributed by atoms with Crippen LogP contribution in [0.1, 0.15) is 51.9 Å². The lowest BCUT2D eigenvalue weighted by molar-refractivity contribution is -0.143. The highest BCUT2D eigenvalue weighted by atomic mass is 19.4. The number of rotatable bonds is 6. The number of amides is 1. The summed E-state index contributed by atoms with van der Waals surface area (Å²) in [6.07, 6.45) is -6.24. The van der Waals surface area contributed by atoms with E-state index in [-0.39, 0.29) is 6.07 Å². The van der Waals surface area contributed by atoms with Crippen molar-refractivity contribution in [3.63, 3.8) is 0 Å². The second kappa shape index (κ2) is 10.1. The number of ether oxygens (including phenoxy) is 1. The fourth-order valence-electron chi connectivity index (χ4n) is 4.72. The summed E-state index contributed by atoms with van der Waals surface area (Å²) in [4.78, 5) is 15.0. The van der Waals surface area contributed by atoms with Crippen LogP contribution in [0.25, 0.3) is 0 Å². The first-order valence-electron chi connectivity index (χ1n) is 11.6. The molecular formula is C25H26F6N2O2. The van der Waals surface area contributed by atoms with Gasteiger partial charge in [-0.1, -0.05) is 12.1 Å². The molecule has 0 unspecified atom stereocenters. The lowest BCUT2D eigenvalue weighted by atomic mass is 9.87. The number of carbonyl (C=O) groups is 1. The maximum Gasteiger partial charge on any atom is 0.417 e. The van der Waals surface area contributed by atoms with Crippen LogP contribution in [-0.2, 0) is 25.2 Å². The molecule has 1 fully saturated rings. The molecule has 2 aromatic rings. The summed E-state index contributed by atoms with van der Waals surface area (Å²) in [5, 5.41) is 2.59. The molecular weight excluding hydrogens is 474 g/mol. The average molecular weight is 500 g/mol. The third-order valence-corrected chi connectivity index (χ3v) is 6.54. The van der Waals surface area contributed by atoms with Gasteiger partial charge in [-0.15, -0.1) is 0 Å². The molecule has 4 nitrogen and oxygen atoms in total. The normalized spacial score (nSPS) is 18.9. The van der Waals surface area contributed by atoms with Gasteiger partial charge >= 0.3 is 12.4 Å². The molecule has 0 bridgehead atoms. The fraction of sp³-hybridized carbons (Fsp3) is 0.480. The van der Waals surface area contributed by atoms with Crippen molar-refractivity contribution >= 4 is 5.91 Å². The number of hydrogen-bond acceptors (Lipinski definition) is 3. The average Bonchev–Trinajstić information content (AvgIpc) is 3.31. The van der Waals surface area contributed by atoms with Gasteiger partial charge in [-0.05, 0) is 80.6 Å². The summed E-state index contributed by atoms with van der Waals surface area (Å²) < 4.78 is 85.2. The van der Waals surface area contributed by atoms with E-state index < -0.39 is 41.0 Å². The van der Waals surface area contributed by atoms with Gasteiger partial charge in [-0.25, -0.2) is 0 Å². The van der Waals surface area contributed by atoms with Gasteiger partial charge in [0.05, 0.1) is 16.7 Å². The molecule has 0 aromatic heterocycles. The first-order valence-corrected chi connectivity index (χ1v) is 11.6. The van der Waals surface area contributed by atoms with Gasteiger partial charge in [0.15, 0.2) is 0 Å². The third-order valence-electron chi connectivity index (χ3n) is 6.54. The summed E-state index contributed by atoms with van der Waals surface area (Å²) >= 11 is 0. The predicted molar refractivity (Wildman–Crippen MR) is 117 cm³/mol. The smallest absolute Gasteiger partial charge is 0.417 e. The van der Waals surface area contributed by atoms with Crippen LogP contribution in [0.2, 0.25) is 0 Å². The molecule has 0 saturated carbocycles. The number of carbonyl (C=O) groups excluding carboxylic acids is 1. The van der Waals surface area contributed by atoms with Crippen molar-refractivity contribution in [2.45, 2.75) is 50.5 Å². The van der Waals surface area contributed by atoms with Crippen molar-refractivity contribution in [3.05, 3.63) is 64.2 Å². The zero-order chi connectivity index (χ0) is 25.2. The second-order valence-electron chi connectivity index (χ2n) is 8.96. The van der Waals surface area contributed by atoms with E-state index in [1.807, 2.05) is 18.2 Å². The zero-order valence-electron chi connectivity index (χ0n) is 18.9. The van der Waals surface area contributed by atoms with E-state index >= 15 is 0 Å². The lowest BCUT2D eigenvalue weighted by Gasteiger charge is -2.28. The van der Waals surface area contributed by atoms with Crippen LogP contribution in [0.3, 0.4) is 0 Å². The summed E-state index contributed by atoms with van der Waals surface area (Å²) in [6.45, 7) is 3.41. The van der Waals surface area contributed by atoms with Gasteiger partial charge in [-0.2, -0.15) is 26.3 Å². The van der Waals surface area contributed by atoms with Crippen molar-refractivity contribution in [2.75, 3.05) is 26.2 Å². The Balaban J connectivity index is 1.47. The molecule has 1 heterocycles. The Morgan fingerprint density at radius 2 is 1.77 bits per heavy atom. The monoisotopic (exact) mass is 500 g/mol. The molecule has 2 aliphatic rings. The number of fused-ring (bicyclic) bond motifs is 1. The highest BCUT2D eigenvalue weighted by Gasteiger charge is 2.39. The summed E-state index contributed by atoms with van der Waals surface area (Å²) in [6, 6.07) is 6.28. The number of benzene rings is 2. The van der Waals surface area contributed by atoms with Crippen LogP contribution in [0.15, 0.2) is 36.4 Å². The Bertz CT molecular complexity index is 1060. The molecule has 1 aliphatic carbocycles. The molecule has 10 heteroatoms. The summed E-state index contributed by atoms with van der Waals surface area (Å²) in [7, 11) is 0. The number of halogens is 6. The Morgan fingerprint density at radius 3 is 2.46 bits per heavy atom. The quantitative estimate of drug-likeness (QED) is 0.534. The molecule has 1 N–H and O–H groups in total. The van der Waals surface area contributed by atoms with Crippen molar-refractivity contribution in [1.82, 2.24) is 10.2 Å². The maximum atomic E-state index is 13.5. The number of nitrogens with one attached hydrogen (secondary N) is 1. The maximum absolute atomic E-state index is 13.5. The summed E-state index contributed by atoms with van der Waals surface area (Å²) in [5.74, 6) is -0.363. The molecule has 0 radical (unpaired) electrons. The predicted octanol–water partition coefficient (Wildman–Crippen LogP) is 5.49. The number of likely N-dealkylation sites (tertiary alicyclic amines) is 1. The van der Waals surface area contributed by atoms with Gasteiger partial charge in [0, 0.05) is 12.6 Å². The Hall–Kier alpha value is -2.75. The highest BCUT2D eigenvalue weighted by Crippen LogP contribution is 2.37. The molecule has 1 aliphatic heterocycles. The highest BCUT2D eigenvalue weighted by molar-refractivity contribution is 5.96. The Morgan fingerprint density at radius 1 is 1.03 bits per heavy atom. The van der Waals surface area contributed by atoms with E-state index in [4.69, 9.17) is 4.74 Å². The van der Waals surface area contributed by atoms with Gasteiger partial charge in [0.1, 0.15) is 12.4 Å². The van der Waals surface area contributed by atoms with E-state index in [1.54, 1.807) is 0 Å². The number of hydrogen-bond donors (Lipinski definition) is 1. The van der Waals surface area contributed by atoms with Crippen molar-refractivity contribution in [2.24, 2.45) is 0 Å². The van der Waals surface area contributed by atoms with E-state index in [0.29, 0.717) is 43.8 Å². The number of alkyl halides is 6. The largest absolute Gasteiger partial charge is 0.492 e. The van der Waals surface area contributed by atoms with Crippen molar-refractivity contribution < 1.29 is 35.9 Å². The first kappa shape index (κ1) is 25.3. The minimum Gasteiger partial charge on any atom is -0.492 e. The molecule has 190 valence electrons. The van der Waals surface area contributed by atoms with E-state index in [2.05, 4.69) is 10.2 Å². The second-order valence-corrected chi connectivity index (χ2v) is 8.96. The Labute approximate surface area is 199 Å². The molecule has 1 amide bonds. The van der Waals surface area contributed by atoms with E-state index in [0.717, 1.165) is 30.8 Å². The SMILES string of the molecule is O=C(N[C@@H]1CCc2cccc(OCCN3CCCC3)c2C1)c1ccc(C(F)(F)F)cc1C(F)(F)F. The topological polar surface area (TPSA) is 41.6 Å². The molecule has 35 heavy (non-hydrogen) atoms. The standard InChI is InChI=1S/C25H26F6N2O2/c26-24(27,28)17-7-9-19(21(14-17)25(29,30)31)23(34)32-18-8-6-16-4-3-5-22(20(16)15-18)35-13-12-33-10-1-2-11-33/h3-5,7,9,14,18H,1-2,6,8,10-13,15H2,(H,32,34)/t18-/m1/s1. The number of aryl methyl sites for hydroxylation is 1. The Kier molecular flexibility index (Phi) is 7.30. The molecule has 2 aromatic carbocycles. The minimum absolute atomic E-state index is 0.0165. The van der Waals surface area contributed by atoms with Gasteiger partial charge in [0.25, 0.3) is 5.91 Å². The van der Waals surface area contributed by atoms with Gasteiger partial charge < -0.3 is 10.1 Å². The van der Waals surface area contributed by atoms with Crippen LogP contribution >= 0.6 is 0 Å². The molecule has 4 rings (SSSR count). The van der Waals surface area contributed by atoms with Crippen LogP contribution in [0, 0.1) is 0 Å².